The van der Waals surface area contributed by atoms with E-state index in [0.29, 0.717) is 21.9 Å². The summed E-state index contributed by atoms with van der Waals surface area (Å²) in [7, 11) is -9.13. The van der Waals surface area contributed by atoms with E-state index in [1.807, 2.05) is 103 Å². The molecule has 2 atom stereocenters. The van der Waals surface area contributed by atoms with Gasteiger partial charge in [-0.25, -0.2) is 16.8 Å². The number of aromatic nitrogens is 2. The molecule has 0 N–H and O–H groups in total. The van der Waals surface area contributed by atoms with Gasteiger partial charge in [-0.05, 0) is 110 Å². The van der Waals surface area contributed by atoms with Crippen LogP contribution >= 0.6 is 0 Å². The molecule has 2 unspecified atom stereocenters. The maximum atomic E-state index is 15.9. The molecule has 0 saturated carbocycles. The second-order valence-electron chi connectivity index (χ2n) is 15.4. The molecule has 0 fully saturated rings. The summed E-state index contributed by atoms with van der Waals surface area (Å²) in [5.41, 5.74) is 5.04. The summed E-state index contributed by atoms with van der Waals surface area (Å²) < 4.78 is 64.1. The fourth-order valence-electron chi connectivity index (χ4n) is 9.07. The number of benzene rings is 7. The monoisotopic (exact) mass is 800 g/mol. The predicted molar refractivity (Wildman–Crippen MR) is 241 cm³/mol. The Morgan fingerprint density at radius 1 is 0.483 bits per heavy atom. The molecule has 2 heterocycles. The first-order chi connectivity index (χ1) is 27.8. The van der Waals surface area contributed by atoms with Crippen LogP contribution in [0.25, 0.3) is 65.2 Å². The Kier molecular flexibility index (Phi) is 8.62. The molecule has 7 aromatic carbocycles. The molecule has 2 aromatic heterocycles. The van der Waals surface area contributed by atoms with Crippen LogP contribution in [-0.2, 0) is 42.3 Å². The van der Waals surface area contributed by atoms with Crippen LogP contribution < -0.4 is 0 Å². The van der Waals surface area contributed by atoms with Gasteiger partial charge in [0.25, 0.3) is 0 Å². The van der Waals surface area contributed by atoms with Gasteiger partial charge in [0.1, 0.15) is 9.49 Å². The van der Waals surface area contributed by atoms with E-state index in [1.165, 1.54) is 18.2 Å². The molecule has 0 saturated heterocycles. The highest BCUT2D eigenvalue weighted by molar-refractivity contribution is 7.95. The third-order valence-corrected chi connectivity index (χ3v) is 17.6. The van der Waals surface area contributed by atoms with E-state index >= 15 is 16.8 Å². The van der Waals surface area contributed by atoms with E-state index in [4.69, 9.17) is 0 Å². The van der Waals surface area contributed by atoms with Crippen molar-refractivity contribution < 1.29 is 16.8 Å². The molecule has 0 aliphatic rings. The largest absolute Gasteiger partial charge is 0.341 e. The van der Waals surface area contributed by atoms with Gasteiger partial charge in [0, 0.05) is 62.1 Å². The van der Waals surface area contributed by atoms with Crippen molar-refractivity contribution in [2.75, 3.05) is 0 Å². The van der Waals surface area contributed by atoms with Crippen LogP contribution in [-0.4, -0.2) is 26.0 Å². The van der Waals surface area contributed by atoms with Crippen LogP contribution in [0.2, 0.25) is 0 Å². The van der Waals surface area contributed by atoms with Crippen LogP contribution in [0.15, 0.2) is 169 Å². The fourth-order valence-corrected chi connectivity index (χ4v) is 13.3. The van der Waals surface area contributed by atoms with Crippen LogP contribution in [0.3, 0.4) is 0 Å². The van der Waals surface area contributed by atoms with Crippen molar-refractivity contribution in [3.05, 3.63) is 170 Å². The number of hydrogen-bond acceptors (Lipinski definition) is 4. The summed E-state index contributed by atoms with van der Waals surface area (Å²) in [4.78, 5) is -0.545. The average Bonchev–Trinajstić information content (AvgIpc) is 3.75. The topological polar surface area (TPSA) is 78.1 Å². The van der Waals surface area contributed by atoms with Crippen LogP contribution in [0.4, 0.5) is 0 Å². The van der Waals surface area contributed by atoms with Crippen LogP contribution in [0, 0.1) is 0 Å². The van der Waals surface area contributed by atoms with Gasteiger partial charge in [-0.3, -0.25) is 0 Å². The summed E-state index contributed by atoms with van der Waals surface area (Å²) in [6.45, 7) is 17.1. The highest BCUT2D eigenvalue weighted by Crippen LogP contribution is 2.48. The van der Waals surface area contributed by atoms with Crippen LogP contribution in [0.1, 0.15) is 38.8 Å². The lowest BCUT2D eigenvalue weighted by Gasteiger charge is -2.31. The fraction of sp³-hybridized carbons (Fsp3) is 0.160. The number of rotatable bonds is 10. The molecule has 0 bridgehead atoms. The Labute approximate surface area is 339 Å². The summed E-state index contributed by atoms with van der Waals surface area (Å²) in [5.74, 6) is 0. The minimum absolute atomic E-state index is 0.258. The maximum Gasteiger partial charge on any atom is 0.193 e. The molecule has 6 nitrogen and oxygen atoms in total. The Hall–Kier alpha value is -5.96. The molecule has 0 spiro atoms. The van der Waals surface area contributed by atoms with Gasteiger partial charge in [0.15, 0.2) is 19.7 Å². The number of sulfone groups is 2. The zero-order valence-electron chi connectivity index (χ0n) is 33.0. The molecule has 9 aromatic rings. The van der Waals surface area contributed by atoms with Crippen molar-refractivity contribution in [3.63, 3.8) is 0 Å². The lowest BCUT2D eigenvalue weighted by molar-refractivity contribution is 0.556. The minimum atomic E-state index is -4.59. The Morgan fingerprint density at radius 3 is 1.43 bits per heavy atom. The molecule has 0 aliphatic carbocycles. The summed E-state index contributed by atoms with van der Waals surface area (Å²) in [5, 5.41) is 6.47. The van der Waals surface area contributed by atoms with Gasteiger partial charge in [-0.15, -0.1) is 13.2 Å². The van der Waals surface area contributed by atoms with E-state index in [2.05, 4.69) is 48.3 Å². The standard InChI is InChI=1S/C50H44N2O4S2/c1-7-49(5,36-24-26-45-41(31-36)38-19-13-15-21-43(38)51(45)9-3)57(53,54)47-28-23-35-29-33-17-11-12-18-34(33)30-40(35)48(47)58(55,56)50(6,8-2)37-25-27-46-42(32-37)39-20-14-16-22-44(39)52(46)10-4/h7-8,11-32H,1-2,9-10H2,3-6H3. The molecule has 9 rings (SSSR count). The highest BCUT2D eigenvalue weighted by atomic mass is 32.2. The maximum absolute atomic E-state index is 15.9. The lowest BCUT2D eigenvalue weighted by atomic mass is 9.98. The van der Waals surface area contributed by atoms with Crippen molar-refractivity contribution in [2.45, 2.75) is 60.1 Å². The minimum Gasteiger partial charge on any atom is -0.341 e. The first kappa shape index (κ1) is 37.6. The van der Waals surface area contributed by atoms with Gasteiger partial charge in [0.05, 0.1) is 9.79 Å². The van der Waals surface area contributed by atoms with Gasteiger partial charge >= 0.3 is 0 Å². The summed E-state index contributed by atoms with van der Waals surface area (Å²) in [6, 6.07) is 42.2. The van der Waals surface area contributed by atoms with Gasteiger partial charge in [-0.2, -0.15) is 0 Å². The van der Waals surface area contributed by atoms with Gasteiger partial charge in [0.2, 0.25) is 0 Å². The third-order valence-electron chi connectivity index (χ3n) is 12.6. The Morgan fingerprint density at radius 2 is 0.931 bits per heavy atom. The van der Waals surface area contributed by atoms with E-state index in [1.54, 1.807) is 26.0 Å². The average molecular weight is 801 g/mol. The van der Waals surface area contributed by atoms with Crippen molar-refractivity contribution in [2.24, 2.45) is 0 Å². The molecule has 0 aliphatic heterocycles. The molecule has 58 heavy (non-hydrogen) atoms. The zero-order chi connectivity index (χ0) is 40.8. The summed E-state index contributed by atoms with van der Waals surface area (Å²) >= 11 is 0. The SMILES string of the molecule is C=CC(C)(c1ccc2c(c1)c1ccccc1n2CC)S(=O)(=O)c1ccc2cc3ccccc3cc2c1S(=O)(=O)C(C)(C=C)c1ccc2c(c1)c1ccccc1n2CC. The van der Waals surface area contributed by atoms with Crippen LogP contribution in [0.5, 0.6) is 0 Å². The molecule has 0 radical (unpaired) electrons. The van der Waals surface area contributed by atoms with Crippen molar-refractivity contribution in [3.8, 4) is 0 Å². The van der Waals surface area contributed by atoms with E-state index in [-0.39, 0.29) is 9.79 Å². The zero-order valence-corrected chi connectivity index (χ0v) is 34.7. The van der Waals surface area contributed by atoms with E-state index in [9.17, 15) is 0 Å². The number of aryl methyl sites for hydroxylation is 2. The summed E-state index contributed by atoms with van der Waals surface area (Å²) in [6.07, 6.45) is 2.86. The Balaban J connectivity index is 1.32. The van der Waals surface area contributed by atoms with E-state index < -0.39 is 29.2 Å². The first-order valence-electron chi connectivity index (χ1n) is 19.6. The molecule has 8 heteroatoms. The number of para-hydroxylation sites is 2. The Bertz CT molecular complexity index is 3430. The van der Waals surface area contributed by atoms with Gasteiger partial charge < -0.3 is 9.13 Å². The molecular formula is C50H44N2O4S2. The normalized spacial score (nSPS) is 14.7. The van der Waals surface area contributed by atoms with Crippen molar-refractivity contribution >= 4 is 84.8 Å². The second kappa shape index (κ2) is 13.3. The molecular weight excluding hydrogens is 757 g/mol. The second-order valence-corrected chi connectivity index (χ2v) is 20.0. The number of nitrogens with zero attached hydrogens (tertiary/aromatic N) is 2. The highest BCUT2D eigenvalue weighted by Gasteiger charge is 2.47. The number of fused-ring (bicyclic) bond motifs is 8. The van der Waals surface area contributed by atoms with Crippen molar-refractivity contribution in [1.82, 2.24) is 9.13 Å². The molecule has 290 valence electrons. The van der Waals surface area contributed by atoms with Crippen molar-refractivity contribution in [1.29, 1.82) is 0 Å². The number of hydrogen-bond donors (Lipinski definition) is 0. The lowest BCUT2D eigenvalue weighted by Crippen LogP contribution is -2.35. The first-order valence-corrected chi connectivity index (χ1v) is 22.6. The predicted octanol–water partition coefficient (Wildman–Crippen LogP) is 12.0. The van der Waals surface area contributed by atoms with E-state index in [0.717, 1.165) is 67.5 Å². The smallest absolute Gasteiger partial charge is 0.193 e. The quantitative estimate of drug-likeness (QED) is 0.102. The third kappa shape index (κ3) is 5.07. The van der Waals surface area contributed by atoms with Gasteiger partial charge in [-0.1, -0.05) is 91.0 Å². The molecule has 0 amide bonds.